The Balaban J connectivity index is 0.00000784. The molecule has 6 atom stereocenters. The summed E-state index contributed by atoms with van der Waals surface area (Å²) in [6, 6.07) is -2.17. The van der Waals surface area contributed by atoms with Gasteiger partial charge < -0.3 is 41.2 Å². The first kappa shape index (κ1) is 27.5. The van der Waals surface area contributed by atoms with Gasteiger partial charge in [-0.25, -0.2) is 4.79 Å². The number of rotatable bonds is 9. The summed E-state index contributed by atoms with van der Waals surface area (Å²) in [5, 5.41) is 35.3. The van der Waals surface area contributed by atoms with Gasteiger partial charge in [0.15, 0.2) is 6.29 Å². The van der Waals surface area contributed by atoms with Crippen LogP contribution in [0.25, 0.3) is 0 Å². The van der Waals surface area contributed by atoms with Gasteiger partial charge in [-0.05, 0) is 12.3 Å². The van der Waals surface area contributed by atoms with E-state index in [4.69, 9.17) is 15.2 Å². The van der Waals surface area contributed by atoms with Crippen molar-refractivity contribution in [1.29, 1.82) is 0 Å². The molecular weight excluding hydrogens is 410 g/mol. The summed E-state index contributed by atoms with van der Waals surface area (Å²) in [5.74, 6) is -1.98. The van der Waals surface area contributed by atoms with Crippen molar-refractivity contribution in [2.75, 3.05) is 13.2 Å². The highest BCUT2D eigenvalue weighted by molar-refractivity contribution is 5.85. The molecule has 12 heteroatoms. The van der Waals surface area contributed by atoms with Crippen LogP contribution in [-0.4, -0.2) is 82.9 Å². The van der Waals surface area contributed by atoms with Gasteiger partial charge in [-0.2, -0.15) is 0 Å². The molecule has 2 amide bonds. The summed E-state index contributed by atoms with van der Waals surface area (Å²) >= 11 is 0. The molecule has 0 aromatic heterocycles. The largest absolute Gasteiger partial charge is 0.461 e. The lowest BCUT2D eigenvalue weighted by Crippen LogP contribution is -2.64. The number of hydrogen-bond acceptors (Lipinski definition) is 9. The molecule has 1 fully saturated rings. The van der Waals surface area contributed by atoms with Crippen LogP contribution in [0.1, 0.15) is 33.6 Å². The van der Waals surface area contributed by atoms with E-state index in [-0.39, 0.29) is 31.3 Å². The number of esters is 1. The Kier molecular flexibility index (Phi) is 12.3. The van der Waals surface area contributed by atoms with Gasteiger partial charge in [-0.1, -0.05) is 20.8 Å². The standard InChI is InChI=1S/C17H31N3O8.ClH/c1-4-5-10(21)19-13-15(24)14(23)9(28-17(13)26)7-27-16(25)12(8(2)3)20-11(22)6-18;/h8-9,12-15,17,23-24,26H,4-7,18H2,1-3H3,(H,19,21)(H,20,22);1H/t9-,12+,13-,14-,15-,17?;/m1./s1. The van der Waals surface area contributed by atoms with E-state index < -0.39 is 61.1 Å². The number of nitrogens with two attached hydrogens (primary N) is 1. The molecule has 1 aliphatic rings. The summed E-state index contributed by atoms with van der Waals surface area (Å²) in [6.07, 6.45) is -5.08. The van der Waals surface area contributed by atoms with E-state index in [1.165, 1.54) is 0 Å². The smallest absolute Gasteiger partial charge is 0.328 e. The second kappa shape index (κ2) is 12.9. The summed E-state index contributed by atoms with van der Waals surface area (Å²) < 4.78 is 10.3. The van der Waals surface area contributed by atoms with Crippen LogP contribution in [0.3, 0.4) is 0 Å². The Morgan fingerprint density at radius 2 is 1.76 bits per heavy atom. The molecule has 1 heterocycles. The Morgan fingerprint density at radius 3 is 2.28 bits per heavy atom. The zero-order valence-electron chi connectivity index (χ0n) is 16.7. The third-order valence-electron chi connectivity index (χ3n) is 4.34. The van der Waals surface area contributed by atoms with Crippen LogP contribution in [0.2, 0.25) is 0 Å². The van der Waals surface area contributed by atoms with E-state index in [1.807, 2.05) is 0 Å². The molecule has 0 aromatic rings. The van der Waals surface area contributed by atoms with Gasteiger partial charge in [0.05, 0.1) is 6.54 Å². The van der Waals surface area contributed by atoms with Crippen molar-refractivity contribution in [1.82, 2.24) is 10.6 Å². The van der Waals surface area contributed by atoms with E-state index in [0.717, 1.165) is 0 Å². The highest BCUT2D eigenvalue weighted by atomic mass is 35.5. The average Bonchev–Trinajstić information content (AvgIpc) is 2.64. The van der Waals surface area contributed by atoms with Gasteiger partial charge in [0.1, 0.15) is 37.0 Å². The zero-order chi connectivity index (χ0) is 21.4. The summed E-state index contributed by atoms with van der Waals surface area (Å²) in [6.45, 7) is 4.44. The summed E-state index contributed by atoms with van der Waals surface area (Å²) in [7, 11) is 0. The highest BCUT2D eigenvalue weighted by Gasteiger charge is 2.45. The molecule has 1 aliphatic heterocycles. The van der Waals surface area contributed by atoms with E-state index in [9.17, 15) is 29.7 Å². The number of ether oxygens (including phenoxy) is 2. The number of aliphatic hydroxyl groups excluding tert-OH is 3. The van der Waals surface area contributed by atoms with Gasteiger partial charge in [-0.15, -0.1) is 12.4 Å². The number of halogens is 1. The van der Waals surface area contributed by atoms with E-state index in [0.29, 0.717) is 6.42 Å². The molecule has 29 heavy (non-hydrogen) atoms. The maximum absolute atomic E-state index is 12.2. The lowest BCUT2D eigenvalue weighted by Gasteiger charge is -2.40. The third-order valence-corrected chi connectivity index (χ3v) is 4.34. The Hall–Kier alpha value is -1.50. The third kappa shape index (κ3) is 8.03. The van der Waals surface area contributed by atoms with Gasteiger partial charge >= 0.3 is 5.97 Å². The zero-order valence-corrected chi connectivity index (χ0v) is 17.6. The fourth-order valence-corrected chi connectivity index (χ4v) is 2.71. The van der Waals surface area contributed by atoms with Crippen LogP contribution >= 0.6 is 12.4 Å². The molecular formula is C17H32ClN3O8. The van der Waals surface area contributed by atoms with Crippen molar-refractivity contribution in [2.45, 2.75) is 70.3 Å². The molecule has 0 aromatic carbocycles. The fourth-order valence-electron chi connectivity index (χ4n) is 2.71. The predicted octanol–water partition coefficient (Wildman–Crippen LogP) is -2.23. The minimum Gasteiger partial charge on any atom is -0.461 e. The number of hydrogen-bond donors (Lipinski definition) is 6. The van der Waals surface area contributed by atoms with Crippen LogP contribution in [0.4, 0.5) is 0 Å². The number of aliphatic hydroxyl groups is 3. The van der Waals surface area contributed by atoms with Gasteiger partial charge in [0.2, 0.25) is 11.8 Å². The first-order valence-corrected chi connectivity index (χ1v) is 9.27. The van der Waals surface area contributed by atoms with Crippen LogP contribution in [0.15, 0.2) is 0 Å². The molecule has 7 N–H and O–H groups in total. The molecule has 0 saturated carbocycles. The van der Waals surface area contributed by atoms with E-state index in [2.05, 4.69) is 10.6 Å². The molecule has 0 aliphatic carbocycles. The fraction of sp³-hybridized carbons (Fsp3) is 0.824. The molecule has 0 radical (unpaired) electrons. The maximum Gasteiger partial charge on any atom is 0.328 e. The SMILES string of the molecule is CCCC(=O)N[C@H]1C(O)O[C@H](COC(=O)[C@@H](NC(=O)CN)C(C)C)[C@@H](O)[C@@H]1O.Cl. The van der Waals surface area contributed by atoms with Crippen LogP contribution in [0, 0.1) is 5.92 Å². The second-order valence-corrected chi connectivity index (χ2v) is 7.01. The molecule has 1 unspecified atom stereocenters. The molecule has 170 valence electrons. The predicted molar refractivity (Wildman–Crippen MR) is 104 cm³/mol. The van der Waals surface area contributed by atoms with E-state index >= 15 is 0 Å². The number of carbonyl (C=O) groups is 3. The minimum atomic E-state index is -1.60. The average molecular weight is 442 g/mol. The van der Waals surface area contributed by atoms with Crippen molar-refractivity contribution in [3.63, 3.8) is 0 Å². The van der Waals surface area contributed by atoms with Crippen molar-refractivity contribution in [3.8, 4) is 0 Å². The normalized spacial score (nSPS) is 27.5. The summed E-state index contributed by atoms with van der Waals surface area (Å²) in [4.78, 5) is 35.3. The van der Waals surface area contributed by atoms with E-state index in [1.54, 1.807) is 20.8 Å². The molecule has 1 saturated heterocycles. The van der Waals surface area contributed by atoms with Crippen molar-refractivity contribution in [3.05, 3.63) is 0 Å². The minimum absolute atomic E-state index is 0. The molecule has 1 rings (SSSR count). The first-order valence-electron chi connectivity index (χ1n) is 9.27. The Bertz CT molecular complexity index is 551. The van der Waals surface area contributed by atoms with Crippen LogP contribution < -0.4 is 16.4 Å². The van der Waals surface area contributed by atoms with Gasteiger partial charge in [0.25, 0.3) is 0 Å². The van der Waals surface area contributed by atoms with Gasteiger partial charge in [0, 0.05) is 6.42 Å². The van der Waals surface area contributed by atoms with Gasteiger partial charge in [-0.3, -0.25) is 9.59 Å². The monoisotopic (exact) mass is 441 g/mol. The second-order valence-electron chi connectivity index (χ2n) is 7.01. The lowest BCUT2D eigenvalue weighted by molar-refractivity contribution is -0.256. The van der Waals surface area contributed by atoms with Crippen molar-refractivity contribution < 1.29 is 39.2 Å². The quantitative estimate of drug-likeness (QED) is 0.216. The Labute approximate surface area is 175 Å². The number of carbonyl (C=O) groups excluding carboxylic acids is 3. The lowest BCUT2D eigenvalue weighted by atomic mass is 9.97. The van der Waals surface area contributed by atoms with Crippen LogP contribution in [-0.2, 0) is 23.9 Å². The van der Waals surface area contributed by atoms with Crippen molar-refractivity contribution in [2.24, 2.45) is 11.7 Å². The first-order chi connectivity index (χ1) is 13.1. The molecule has 0 bridgehead atoms. The number of amides is 2. The maximum atomic E-state index is 12.2. The number of nitrogens with one attached hydrogen (secondary N) is 2. The summed E-state index contributed by atoms with van der Waals surface area (Å²) in [5.41, 5.74) is 5.22. The highest BCUT2D eigenvalue weighted by Crippen LogP contribution is 2.21. The Morgan fingerprint density at radius 1 is 1.14 bits per heavy atom. The molecule has 0 spiro atoms. The van der Waals surface area contributed by atoms with Crippen LogP contribution in [0.5, 0.6) is 0 Å². The topological polar surface area (TPSA) is 180 Å². The van der Waals surface area contributed by atoms with Crippen molar-refractivity contribution >= 4 is 30.2 Å². The molecule has 11 nitrogen and oxygen atoms in total.